The smallest absolute Gasteiger partial charge is 0.287 e. The van der Waals surface area contributed by atoms with E-state index in [-0.39, 0.29) is 32.0 Å². The van der Waals surface area contributed by atoms with E-state index in [4.69, 9.17) is 0 Å². The first-order valence-electron chi connectivity index (χ1n) is 9.12. The minimum atomic E-state index is -4.63. The van der Waals surface area contributed by atoms with E-state index in [1.165, 1.54) is 59.3 Å². The average molecular weight is 482 g/mol. The summed E-state index contributed by atoms with van der Waals surface area (Å²) in [6.45, 7) is 0. The maximum atomic E-state index is 13.5. The largest absolute Gasteiger partial charge is 0.417 e. The molecule has 0 fully saturated rings. The predicted octanol–water partition coefficient (Wildman–Crippen LogP) is 8.41. The lowest BCUT2D eigenvalue weighted by Gasteiger charge is -2.14. The zero-order valence-electron chi connectivity index (χ0n) is 15.9. The van der Waals surface area contributed by atoms with Crippen LogP contribution in [-0.4, -0.2) is 5.78 Å². The zero-order chi connectivity index (χ0) is 23.1. The lowest BCUT2D eigenvalue weighted by atomic mass is 9.96. The number of rotatable bonds is 4. The topological polar surface area (TPSA) is 17.1 Å². The summed E-state index contributed by atoms with van der Waals surface area (Å²) in [5.74, 6) is -0.617. The van der Waals surface area contributed by atoms with Gasteiger partial charge < -0.3 is 0 Å². The zero-order valence-corrected chi connectivity index (χ0v) is 17.6. The van der Waals surface area contributed by atoms with E-state index in [0.717, 1.165) is 34.8 Å². The van der Waals surface area contributed by atoms with Crippen LogP contribution < -0.4 is 0 Å². The maximum Gasteiger partial charge on any atom is 0.417 e. The molecule has 2 aromatic carbocycles. The molecule has 32 heavy (non-hydrogen) atoms. The minimum absolute atomic E-state index is 0.0369. The Morgan fingerprint density at radius 3 is 1.31 bits per heavy atom. The maximum absolute atomic E-state index is 13.5. The molecular formula is C23H12F6OS2. The van der Waals surface area contributed by atoms with Crippen LogP contribution in [0.5, 0.6) is 0 Å². The summed E-state index contributed by atoms with van der Waals surface area (Å²) in [6, 6.07) is 12.6. The summed E-state index contributed by atoms with van der Waals surface area (Å²) in [5.41, 5.74) is -1.90. The highest BCUT2D eigenvalue weighted by Crippen LogP contribution is 2.43. The second-order valence-electron chi connectivity index (χ2n) is 6.74. The van der Waals surface area contributed by atoms with Crippen molar-refractivity contribution in [3.8, 4) is 22.3 Å². The third kappa shape index (κ3) is 4.10. The van der Waals surface area contributed by atoms with Gasteiger partial charge in [0.05, 0.1) is 20.9 Å². The molecule has 0 unspecified atom stereocenters. The van der Waals surface area contributed by atoms with Crippen LogP contribution >= 0.6 is 22.7 Å². The lowest BCUT2D eigenvalue weighted by Crippen LogP contribution is -2.09. The fourth-order valence-corrected chi connectivity index (χ4v) is 5.20. The molecule has 0 atom stereocenters. The van der Waals surface area contributed by atoms with Gasteiger partial charge in [-0.2, -0.15) is 26.3 Å². The molecule has 0 aliphatic rings. The van der Waals surface area contributed by atoms with Crippen LogP contribution in [0.4, 0.5) is 26.3 Å². The van der Waals surface area contributed by atoms with Crippen LogP contribution in [0, 0.1) is 0 Å². The van der Waals surface area contributed by atoms with Crippen molar-refractivity contribution >= 4 is 28.5 Å². The molecule has 0 saturated heterocycles. The molecule has 164 valence electrons. The van der Waals surface area contributed by atoms with Gasteiger partial charge in [0.2, 0.25) is 5.78 Å². The van der Waals surface area contributed by atoms with Gasteiger partial charge in [-0.1, -0.05) is 36.4 Å². The van der Waals surface area contributed by atoms with Gasteiger partial charge in [-0.15, -0.1) is 22.7 Å². The summed E-state index contributed by atoms with van der Waals surface area (Å²) in [7, 11) is 0. The highest BCUT2D eigenvalue weighted by Gasteiger charge is 2.36. The van der Waals surface area contributed by atoms with Crippen LogP contribution in [0.1, 0.15) is 25.7 Å². The number of hydrogen-bond donors (Lipinski definition) is 0. The summed E-state index contributed by atoms with van der Waals surface area (Å²) in [5, 5.41) is 2.99. The van der Waals surface area contributed by atoms with Crippen LogP contribution in [0.3, 0.4) is 0 Å². The fourth-order valence-electron chi connectivity index (χ4n) is 3.43. The number of thiophene rings is 2. The minimum Gasteiger partial charge on any atom is -0.287 e. The normalized spacial score (nSPS) is 12.2. The molecule has 4 rings (SSSR count). The molecule has 9 heteroatoms. The Labute approximate surface area is 186 Å². The molecule has 0 aliphatic carbocycles. The molecule has 0 saturated carbocycles. The molecular weight excluding hydrogens is 470 g/mol. The van der Waals surface area contributed by atoms with Crippen LogP contribution in [-0.2, 0) is 12.4 Å². The van der Waals surface area contributed by atoms with Gasteiger partial charge in [-0.05, 0) is 46.2 Å². The number of carbonyl (C=O) groups excluding carboxylic acids is 1. The number of ketones is 1. The van der Waals surface area contributed by atoms with Crippen molar-refractivity contribution in [3.63, 3.8) is 0 Å². The third-order valence-corrected chi connectivity index (χ3v) is 6.61. The molecule has 0 amide bonds. The average Bonchev–Trinajstić information content (AvgIpc) is 3.42. The van der Waals surface area contributed by atoms with E-state index in [0.29, 0.717) is 0 Å². The van der Waals surface area contributed by atoms with Gasteiger partial charge in [0, 0.05) is 11.1 Å². The van der Waals surface area contributed by atoms with Crippen molar-refractivity contribution in [2.45, 2.75) is 12.4 Å². The van der Waals surface area contributed by atoms with Crippen molar-refractivity contribution in [3.05, 3.63) is 92.3 Å². The van der Waals surface area contributed by atoms with E-state index in [9.17, 15) is 31.1 Å². The fraction of sp³-hybridized carbons (Fsp3) is 0.0870. The van der Waals surface area contributed by atoms with E-state index < -0.39 is 29.3 Å². The Hall–Kier alpha value is -2.91. The second-order valence-corrected chi connectivity index (χ2v) is 8.57. The molecule has 0 radical (unpaired) electrons. The summed E-state index contributed by atoms with van der Waals surface area (Å²) >= 11 is 1.90. The summed E-state index contributed by atoms with van der Waals surface area (Å²) < 4.78 is 81.0. The quantitative estimate of drug-likeness (QED) is 0.211. The second kappa shape index (κ2) is 8.22. The number of carbonyl (C=O) groups is 1. The lowest BCUT2D eigenvalue weighted by molar-refractivity contribution is -0.137. The van der Waals surface area contributed by atoms with Crippen molar-refractivity contribution in [2.24, 2.45) is 0 Å². The van der Waals surface area contributed by atoms with Gasteiger partial charge >= 0.3 is 12.4 Å². The Morgan fingerprint density at radius 1 is 0.562 bits per heavy atom. The van der Waals surface area contributed by atoms with Crippen LogP contribution in [0.25, 0.3) is 22.3 Å². The van der Waals surface area contributed by atoms with Crippen LogP contribution in [0.2, 0.25) is 0 Å². The van der Waals surface area contributed by atoms with Crippen LogP contribution in [0.15, 0.2) is 71.4 Å². The van der Waals surface area contributed by atoms with Gasteiger partial charge in [0.15, 0.2) is 0 Å². The van der Waals surface area contributed by atoms with E-state index in [2.05, 4.69) is 0 Å². The highest BCUT2D eigenvalue weighted by molar-refractivity contribution is 7.16. The van der Waals surface area contributed by atoms with Crippen molar-refractivity contribution < 1.29 is 31.1 Å². The monoisotopic (exact) mass is 482 g/mol. The first kappa shape index (κ1) is 22.3. The van der Waals surface area contributed by atoms with Crippen molar-refractivity contribution in [1.29, 1.82) is 0 Å². The van der Waals surface area contributed by atoms with Gasteiger partial charge in [0.25, 0.3) is 0 Å². The first-order chi connectivity index (χ1) is 15.1. The number of alkyl halides is 6. The van der Waals surface area contributed by atoms with Crippen molar-refractivity contribution in [1.82, 2.24) is 0 Å². The molecule has 4 aromatic rings. The Kier molecular flexibility index (Phi) is 5.72. The summed E-state index contributed by atoms with van der Waals surface area (Å²) in [6.07, 6.45) is -9.25. The highest BCUT2D eigenvalue weighted by atomic mass is 32.1. The number of hydrogen-bond acceptors (Lipinski definition) is 3. The Bertz CT molecular complexity index is 1180. The van der Waals surface area contributed by atoms with E-state index in [1.54, 1.807) is 0 Å². The van der Waals surface area contributed by atoms with Gasteiger partial charge in [-0.25, -0.2) is 0 Å². The third-order valence-electron chi connectivity index (χ3n) is 4.79. The Morgan fingerprint density at radius 2 is 0.938 bits per heavy atom. The van der Waals surface area contributed by atoms with Crippen molar-refractivity contribution in [2.75, 3.05) is 0 Å². The van der Waals surface area contributed by atoms with E-state index in [1.807, 2.05) is 0 Å². The molecule has 2 heterocycles. The molecule has 0 N–H and O–H groups in total. The SMILES string of the molecule is O=C(c1sccc1-c1ccccc1C(F)(F)F)c1sccc1-c1ccccc1C(F)(F)F. The Balaban J connectivity index is 1.83. The van der Waals surface area contributed by atoms with Gasteiger partial charge in [0.1, 0.15) is 0 Å². The molecule has 0 bridgehead atoms. The number of benzene rings is 2. The number of halogens is 6. The molecule has 1 nitrogen and oxygen atoms in total. The summed E-state index contributed by atoms with van der Waals surface area (Å²) in [4.78, 5) is 13.4. The van der Waals surface area contributed by atoms with Gasteiger partial charge in [-0.3, -0.25) is 4.79 Å². The first-order valence-corrected chi connectivity index (χ1v) is 10.9. The molecule has 0 spiro atoms. The molecule has 2 aromatic heterocycles. The predicted molar refractivity (Wildman–Crippen MR) is 113 cm³/mol. The standard InChI is InChI=1S/C23H12F6OS2/c24-22(25,26)17-7-3-1-5-13(17)15-9-11-31-20(15)19(30)21-16(10-12-32-21)14-6-2-4-8-18(14)23(27,28)29/h1-12H. The van der Waals surface area contributed by atoms with E-state index >= 15 is 0 Å². The molecule has 0 aliphatic heterocycles.